The van der Waals surface area contributed by atoms with Crippen LogP contribution in [0.2, 0.25) is 5.02 Å². The number of rotatable bonds is 13. The van der Waals surface area contributed by atoms with Crippen molar-refractivity contribution in [3.8, 4) is 11.5 Å². The third-order valence-electron chi connectivity index (χ3n) is 6.26. The summed E-state index contributed by atoms with van der Waals surface area (Å²) in [4.78, 5) is 40.8. The van der Waals surface area contributed by atoms with E-state index in [1.54, 1.807) is 32.2 Å². The van der Waals surface area contributed by atoms with Crippen molar-refractivity contribution in [1.29, 1.82) is 0 Å². The number of methoxy groups -OCH3 is 2. The smallest absolute Gasteiger partial charge is 0.246 e. The summed E-state index contributed by atoms with van der Waals surface area (Å²) in [6.45, 7) is 3.49. The number of ether oxygens (including phenoxy) is 2. The fraction of sp³-hybridized carbons (Fsp3) is 0.393. The van der Waals surface area contributed by atoms with Crippen molar-refractivity contribution in [1.82, 2.24) is 10.3 Å². The number of nitrogens with one attached hydrogen (secondary N) is 3. The number of carbonyl (C=O) groups excluding carboxylic acids is 3. The number of aromatic amines is 1. The molecule has 3 N–H and O–H groups in total. The number of carbonyl (C=O) groups is 3. The highest BCUT2D eigenvalue weighted by atomic mass is 35.5. The van der Waals surface area contributed by atoms with Crippen LogP contribution in [0, 0.1) is 6.92 Å². The number of aryl methyl sites for hydroxylation is 1. The average molecular weight is 528 g/mol. The number of ketones is 1. The van der Waals surface area contributed by atoms with Crippen molar-refractivity contribution in [3.63, 3.8) is 0 Å². The molecule has 0 saturated carbocycles. The van der Waals surface area contributed by atoms with Crippen molar-refractivity contribution in [2.24, 2.45) is 0 Å². The standard InChI is InChI=1S/C28H34ClN3O5/c1-17(33)8-6-5-7-9-25(28(35)31-19-10-13-26(37-4)23(29)14-19)32-27(34)16-21-18(2)30-24-12-11-20(36-3)15-22(21)24/h10-15,25,30H,5-9,16H2,1-4H3,(H,31,35)(H,32,34). The van der Waals surface area contributed by atoms with Crippen LogP contribution in [0.25, 0.3) is 10.9 Å². The van der Waals surface area contributed by atoms with E-state index < -0.39 is 6.04 Å². The Hall–Kier alpha value is -3.52. The molecule has 1 heterocycles. The Morgan fingerprint density at radius 1 is 1.03 bits per heavy atom. The van der Waals surface area contributed by atoms with Crippen LogP contribution in [0.1, 0.15) is 50.3 Å². The highest BCUT2D eigenvalue weighted by Crippen LogP contribution is 2.28. The van der Waals surface area contributed by atoms with Gasteiger partial charge in [0.2, 0.25) is 11.8 Å². The molecule has 0 aliphatic heterocycles. The van der Waals surface area contributed by atoms with Crippen LogP contribution in [0.3, 0.4) is 0 Å². The molecule has 0 radical (unpaired) electrons. The largest absolute Gasteiger partial charge is 0.497 e. The maximum absolute atomic E-state index is 13.2. The van der Waals surface area contributed by atoms with Crippen molar-refractivity contribution < 1.29 is 23.9 Å². The Kier molecular flexibility index (Phi) is 9.97. The first-order valence-electron chi connectivity index (χ1n) is 12.3. The Bertz CT molecular complexity index is 1270. The van der Waals surface area contributed by atoms with E-state index >= 15 is 0 Å². The van der Waals surface area contributed by atoms with E-state index in [0.717, 1.165) is 35.0 Å². The number of amides is 2. The number of aromatic nitrogens is 1. The monoisotopic (exact) mass is 527 g/mol. The molecule has 0 aliphatic carbocycles. The minimum Gasteiger partial charge on any atom is -0.497 e. The minimum atomic E-state index is -0.745. The lowest BCUT2D eigenvalue weighted by Crippen LogP contribution is -2.44. The molecule has 1 unspecified atom stereocenters. The Morgan fingerprint density at radius 3 is 2.49 bits per heavy atom. The molecule has 8 nitrogen and oxygen atoms in total. The van der Waals surface area contributed by atoms with Gasteiger partial charge >= 0.3 is 0 Å². The Labute approximate surface area is 222 Å². The van der Waals surface area contributed by atoms with Gasteiger partial charge in [-0.3, -0.25) is 9.59 Å². The van der Waals surface area contributed by atoms with Gasteiger partial charge in [0, 0.05) is 28.7 Å². The molecular formula is C28H34ClN3O5. The van der Waals surface area contributed by atoms with Gasteiger partial charge in [0.05, 0.1) is 25.7 Å². The Balaban J connectivity index is 1.72. The number of benzene rings is 2. The van der Waals surface area contributed by atoms with E-state index in [9.17, 15) is 14.4 Å². The maximum atomic E-state index is 13.2. The zero-order chi connectivity index (χ0) is 26.9. The van der Waals surface area contributed by atoms with Crippen molar-refractivity contribution in [3.05, 3.63) is 52.7 Å². The van der Waals surface area contributed by atoms with Gasteiger partial charge in [-0.1, -0.05) is 24.4 Å². The summed E-state index contributed by atoms with van der Waals surface area (Å²) >= 11 is 6.20. The highest BCUT2D eigenvalue weighted by molar-refractivity contribution is 6.32. The first kappa shape index (κ1) is 28.1. The summed E-state index contributed by atoms with van der Waals surface area (Å²) in [5.74, 6) is 0.751. The van der Waals surface area contributed by atoms with Crippen molar-refractivity contribution in [2.75, 3.05) is 19.5 Å². The molecule has 0 bridgehead atoms. The van der Waals surface area contributed by atoms with Gasteiger partial charge in [-0.25, -0.2) is 0 Å². The molecular weight excluding hydrogens is 494 g/mol. The fourth-order valence-electron chi connectivity index (χ4n) is 4.26. The second-order valence-electron chi connectivity index (χ2n) is 9.08. The lowest BCUT2D eigenvalue weighted by atomic mass is 10.0. The molecule has 2 aromatic carbocycles. The number of anilines is 1. The lowest BCUT2D eigenvalue weighted by Gasteiger charge is -2.19. The van der Waals surface area contributed by atoms with Crippen LogP contribution in [0.15, 0.2) is 36.4 Å². The Morgan fingerprint density at radius 2 is 1.81 bits per heavy atom. The van der Waals surface area contributed by atoms with Crippen LogP contribution in [0.4, 0.5) is 5.69 Å². The second-order valence-corrected chi connectivity index (χ2v) is 9.48. The summed E-state index contributed by atoms with van der Waals surface area (Å²) in [5, 5.41) is 7.03. The first-order valence-corrected chi connectivity index (χ1v) is 12.7. The van der Waals surface area contributed by atoms with E-state index in [1.165, 1.54) is 7.11 Å². The normalized spacial score (nSPS) is 11.7. The molecule has 3 rings (SSSR count). The number of H-pyrrole nitrogens is 1. The number of hydrogen-bond acceptors (Lipinski definition) is 5. The van der Waals surface area contributed by atoms with Crippen molar-refractivity contribution in [2.45, 2.75) is 58.4 Å². The van der Waals surface area contributed by atoms with Gasteiger partial charge < -0.3 is 29.9 Å². The molecule has 37 heavy (non-hydrogen) atoms. The molecule has 0 aliphatic rings. The molecule has 0 saturated heterocycles. The summed E-state index contributed by atoms with van der Waals surface area (Å²) in [7, 11) is 3.12. The fourth-order valence-corrected chi connectivity index (χ4v) is 4.52. The quantitative estimate of drug-likeness (QED) is 0.259. The zero-order valence-electron chi connectivity index (χ0n) is 21.7. The highest BCUT2D eigenvalue weighted by Gasteiger charge is 2.22. The van der Waals surface area contributed by atoms with E-state index in [0.29, 0.717) is 41.5 Å². The third kappa shape index (κ3) is 7.73. The minimum absolute atomic E-state index is 0.113. The summed E-state index contributed by atoms with van der Waals surface area (Å²) in [6.07, 6.45) is 3.30. The predicted molar refractivity (Wildman–Crippen MR) is 146 cm³/mol. The molecule has 2 amide bonds. The van der Waals surface area contributed by atoms with Gasteiger partial charge in [-0.2, -0.15) is 0 Å². The van der Waals surface area contributed by atoms with Crippen LogP contribution in [-0.4, -0.2) is 42.8 Å². The number of Topliss-reactive ketones (excluding diaryl/α,β-unsaturated/α-hetero) is 1. The molecule has 9 heteroatoms. The predicted octanol–water partition coefficient (Wildman–Crippen LogP) is 5.35. The van der Waals surface area contributed by atoms with Gasteiger partial charge in [0.1, 0.15) is 23.3 Å². The first-order chi connectivity index (χ1) is 17.7. The summed E-state index contributed by atoms with van der Waals surface area (Å²) in [6, 6.07) is 9.89. The molecule has 3 aromatic rings. The number of halogens is 1. The van der Waals surface area contributed by atoms with E-state index in [4.69, 9.17) is 21.1 Å². The zero-order valence-corrected chi connectivity index (χ0v) is 22.5. The molecule has 198 valence electrons. The van der Waals surface area contributed by atoms with Crippen molar-refractivity contribution >= 4 is 45.8 Å². The average Bonchev–Trinajstić information content (AvgIpc) is 3.16. The van der Waals surface area contributed by atoms with Gasteiger partial charge in [-0.05, 0) is 68.7 Å². The molecule has 1 atom stereocenters. The van der Waals surface area contributed by atoms with E-state index in [-0.39, 0.29) is 24.0 Å². The number of hydrogen-bond donors (Lipinski definition) is 3. The summed E-state index contributed by atoms with van der Waals surface area (Å²) < 4.78 is 10.5. The maximum Gasteiger partial charge on any atom is 0.246 e. The molecule has 1 aromatic heterocycles. The van der Waals surface area contributed by atoms with Crippen LogP contribution >= 0.6 is 11.6 Å². The van der Waals surface area contributed by atoms with Gasteiger partial charge in [0.25, 0.3) is 0 Å². The van der Waals surface area contributed by atoms with E-state index in [1.807, 2.05) is 25.1 Å². The van der Waals surface area contributed by atoms with Crippen LogP contribution in [-0.2, 0) is 20.8 Å². The summed E-state index contributed by atoms with van der Waals surface area (Å²) in [5.41, 5.74) is 3.16. The SMILES string of the molecule is COc1ccc2[nH]c(C)c(CC(=O)NC(CCCCCC(C)=O)C(=O)Nc3ccc(OC)c(Cl)c3)c2c1. The molecule has 0 fully saturated rings. The van der Waals surface area contributed by atoms with E-state index in [2.05, 4.69) is 15.6 Å². The number of unbranched alkanes of at least 4 members (excludes halogenated alkanes) is 2. The van der Waals surface area contributed by atoms with Crippen LogP contribution in [0.5, 0.6) is 11.5 Å². The van der Waals surface area contributed by atoms with Crippen LogP contribution < -0.4 is 20.1 Å². The van der Waals surface area contributed by atoms with Gasteiger partial charge in [-0.15, -0.1) is 0 Å². The lowest BCUT2D eigenvalue weighted by molar-refractivity contribution is -0.126. The topological polar surface area (TPSA) is 110 Å². The number of fused-ring (bicyclic) bond motifs is 1. The van der Waals surface area contributed by atoms with Gasteiger partial charge in [0.15, 0.2) is 0 Å². The third-order valence-corrected chi connectivity index (χ3v) is 6.55. The molecule has 0 spiro atoms. The second kappa shape index (κ2) is 13.1.